The van der Waals surface area contributed by atoms with Crippen LogP contribution in [0, 0.1) is 6.92 Å². The second-order valence-electron chi connectivity index (χ2n) is 5.34. The Morgan fingerprint density at radius 1 is 1.22 bits per heavy atom. The van der Waals surface area contributed by atoms with E-state index < -0.39 is 6.04 Å². The van der Waals surface area contributed by atoms with Crippen LogP contribution in [-0.4, -0.2) is 18.5 Å². The number of carbonyl (C=O) groups excluding carboxylic acids is 2. The first-order chi connectivity index (χ1) is 11.1. The molecule has 0 aliphatic carbocycles. The third kappa shape index (κ3) is 4.98. The topological polar surface area (TPSA) is 68.5 Å². The van der Waals surface area contributed by atoms with Crippen LogP contribution in [0.2, 0.25) is 0 Å². The number of aryl methyl sites for hydroxylation is 1. The Labute approximate surface area is 135 Å². The lowest BCUT2D eigenvalue weighted by Gasteiger charge is -2.18. The minimum absolute atomic E-state index is 0.0789. The maximum atomic E-state index is 12.2. The van der Waals surface area contributed by atoms with Crippen molar-refractivity contribution in [2.24, 2.45) is 0 Å². The molecular formula is C18H21NO4. The normalized spacial score (nSPS) is 11.7. The first-order valence-corrected chi connectivity index (χ1v) is 7.66. The lowest BCUT2D eigenvalue weighted by molar-refractivity contribution is -0.144. The molecule has 2 rings (SSSR count). The fraction of sp³-hybridized carbons (Fsp3) is 0.333. The summed E-state index contributed by atoms with van der Waals surface area (Å²) in [4.78, 5) is 24.1. The van der Waals surface area contributed by atoms with Crippen LogP contribution in [0.1, 0.15) is 47.5 Å². The molecule has 0 aliphatic heterocycles. The van der Waals surface area contributed by atoms with Crippen molar-refractivity contribution in [2.75, 3.05) is 6.61 Å². The number of esters is 1. The highest BCUT2D eigenvalue weighted by atomic mass is 16.5. The van der Waals surface area contributed by atoms with E-state index in [0.29, 0.717) is 6.61 Å². The molecule has 0 spiro atoms. The second kappa shape index (κ2) is 8.17. The fourth-order valence-corrected chi connectivity index (χ4v) is 2.13. The van der Waals surface area contributed by atoms with Gasteiger partial charge in [0, 0.05) is 0 Å². The van der Waals surface area contributed by atoms with Gasteiger partial charge in [0.25, 0.3) is 5.91 Å². The largest absolute Gasteiger partial charge is 0.466 e. The molecule has 1 heterocycles. The first kappa shape index (κ1) is 16.8. The van der Waals surface area contributed by atoms with Crippen molar-refractivity contribution in [1.82, 2.24) is 5.32 Å². The molecule has 0 radical (unpaired) electrons. The van der Waals surface area contributed by atoms with Gasteiger partial charge in [0.15, 0.2) is 5.76 Å². The van der Waals surface area contributed by atoms with Gasteiger partial charge in [0.05, 0.1) is 25.3 Å². The van der Waals surface area contributed by atoms with Gasteiger partial charge in [0.2, 0.25) is 0 Å². The molecule has 0 aliphatic rings. The highest BCUT2D eigenvalue weighted by Gasteiger charge is 2.21. The summed E-state index contributed by atoms with van der Waals surface area (Å²) in [6.07, 6.45) is 2.28. The molecule has 1 atom stereocenters. The van der Waals surface area contributed by atoms with Crippen molar-refractivity contribution in [3.8, 4) is 0 Å². The summed E-state index contributed by atoms with van der Waals surface area (Å²) >= 11 is 0. The molecule has 0 bridgehead atoms. The molecule has 122 valence electrons. The SMILES string of the molecule is CCCOC(=O)CC(NC(=O)c1ccco1)c1ccc(C)cc1. The number of rotatable bonds is 7. The highest BCUT2D eigenvalue weighted by molar-refractivity contribution is 5.92. The molecule has 5 heteroatoms. The van der Waals surface area contributed by atoms with E-state index in [9.17, 15) is 9.59 Å². The lowest BCUT2D eigenvalue weighted by atomic mass is 10.0. The minimum Gasteiger partial charge on any atom is -0.466 e. The van der Waals surface area contributed by atoms with E-state index in [4.69, 9.17) is 9.15 Å². The van der Waals surface area contributed by atoms with E-state index in [0.717, 1.165) is 17.5 Å². The van der Waals surface area contributed by atoms with Crippen molar-refractivity contribution in [2.45, 2.75) is 32.7 Å². The van der Waals surface area contributed by atoms with Gasteiger partial charge in [-0.25, -0.2) is 0 Å². The van der Waals surface area contributed by atoms with Crippen LogP contribution in [0.15, 0.2) is 47.1 Å². The van der Waals surface area contributed by atoms with Crippen LogP contribution < -0.4 is 5.32 Å². The van der Waals surface area contributed by atoms with Gasteiger partial charge in [-0.15, -0.1) is 0 Å². The van der Waals surface area contributed by atoms with E-state index in [-0.39, 0.29) is 24.1 Å². The van der Waals surface area contributed by atoms with Crippen LogP contribution in [-0.2, 0) is 9.53 Å². The summed E-state index contributed by atoms with van der Waals surface area (Å²) in [6, 6.07) is 10.4. The van der Waals surface area contributed by atoms with Gasteiger partial charge in [-0.3, -0.25) is 9.59 Å². The number of hydrogen-bond acceptors (Lipinski definition) is 4. The van der Waals surface area contributed by atoms with E-state index in [2.05, 4.69) is 5.32 Å². The third-order valence-electron chi connectivity index (χ3n) is 3.37. The Hall–Kier alpha value is -2.56. The van der Waals surface area contributed by atoms with Crippen molar-refractivity contribution in [1.29, 1.82) is 0 Å². The van der Waals surface area contributed by atoms with Gasteiger partial charge in [0.1, 0.15) is 0 Å². The summed E-state index contributed by atoms with van der Waals surface area (Å²) in [5.74, 6) is -0.481. The lowest BCUT2D eigenvalue weighted by Crippen LogP contribution is -2.30. The predicted octanol–water partition coefficient (Wildman–Crippen LogP) is 3.40. The maximum absolute atomic E-state index is 12.2. The zero-order valence-corrected chi connectivity index (χ0v) is 13.4. The standard InChI is InChI=1S/C18H21NO4/c1-3-10-23-17(20)12-15(14-8-6-13(2)7-9-14)19-18(21)16-5-4-11-22-16/h4-9,11,15H,3,10,12H2,1-2H3,(H,19,21). The number of hydrogen-bond donors (Lipinski definition) is 1. The predicted molar refractivity (Wildman–Crippen MR) is 86.0 cm³/mol. The molecule has 2 aromatic rings. The second-order valence-corrected chi connectivity index (χ2v) is 5.34. The van der Waals surface area contributed by atoms with Gasteiger partial charge < -0.3 is 14.5 Å². The summed E-state index contributed by atoms with van der Waals surface area (Å²) < 4.78 is 10.2. The molecule has 0 fully saturated rings. The zero-order valence-electron chi connectivity index (χ0n) is 13.4. The third-order valence-corrected chi connectivity index (χ3v) is 3.37. The van der Waals surface area contributed by atoms with E-state index in [1.54, 1.807) is 12.1 Å². The Bertz CT molecular complexity index is 632. The minimum atomic E-state index is -0.461. The summed E-state index contributed by atoms with van der Waals surface area (Å²) in [5, 5.41) is 2.83. The zero-order chi connectivity index (χ0) is 16.7. The molecule has 23 heavy (non-hydrogen) atoms. The van der Waals surface area contributed by atoms with Crippen LogP contribution in [0.3, 0.4) is 0 Å². The van der Waals surface area contributed by atoms with E-state index >= 15 is 0 Å². The fourth-order valence-electron chi connectivity index (χ4n) is 2.13. The van der Waals surface area contributed by atoms with Crippen molar-refractivity contribution in [3.05, 3.63) is 59.5 Å². The van der Waals surface area contributed by atoms with Crippen molar-refractivity contribution in [3.63, 3.8) is 0 Å². The molecule has 1 amide bonds. The number of amides is 1. The van der Waals surface area contributed by atoms with Gasteiger partial charge in [-0.05, 0) is 31.0 Å². The van der Waals surface area contributed by atoms with Crippen LogP contribution in [0.5, 0.6) is 0 Å². The monoisotopic (exact) mass is 315 g/mol. The molecular weight excluding hydrogens is 294 g/mol. The van der Waals surface area contributed by atoms with Crippen molar-refractivity contribution < 1.29 is 18.7 Å². The number of benzene rings is 1. The number of furan rings is 1. The maximum Gasteiger partial charge on any atom is 0.308 e. The molecule has 5 nitrogen and oxygen atoms in total. The van der Waals surface area contributed by atoms with Crippen LogP contribution >= 0.6 is 0 Å². The molecule has 1 unspecified atom stereocenters. The smallest absolute Gasteiger partial charge is 0.308 e. The van der Waals surface area contributed by atoms with Crippen LogP contribution in [0.4, 0.5) is 0 Å². The number of ether oxygens (including phenoxy) is 1. The van der Waals surface area contributed by atoms with Gasteiger partial charge in [-0.2, -0.15) is 0 Å². The summed E-state index contributed by atoms with van der Waals surface area (Å²) in [5.41, 5.74) is 1.96. The molecule has 1 aromatic carbocycles. The van der Waals surface area contributed by atoms with Gasteiger partial charge >= 0.3 is 5.97 Å². The average Bonchev–Trinajstić information content (AvgIpc) is 3.07. The average molecular weight is 315 g/mol. The molecule has 1 N–H and O–H groups in total. The van der Waals surface area contributed by atoms with Gasteiger partial charge in [-0.1, -0.05) is 36.8 Å². The van der Waals surface area contributed by atoms with E-state index in [1.165, 1.54) is 6.26 Å². The number of carbonyl (C=O) groups is 2. The Morgan fingerprint density at radius 3 is 2.57 bits per heavy atom. The van der Waals surface area contributed by atoms with Crippen molar-refractivity contribution >= 4 is 11.9 Å². The van der Waals surface area contributed by atoms with Crippen LogP contribution in [0.25, 0.3) is 0 Å². The quantitative estimate of drug-likeness (QED) is 0.795. The first-order valence-electron chi connectivity index (χ1n) is 7.66. The molecule has 1 aromatic heterocycles. The summed E-state index contributed by atoms with van der Waals surface area (Å²) in [6.45, 7) is 4.30. The highest BCUT2D eigenvalue weighted by Crippen LogP contribution is 2.19. The molecule has 0 saturated carbocycles. The Kier molecular flexibility index (Phi) is 5.97. The Balaban J connectivity index is 2.12. The summed E-state index contributed by atoms with van der Waals surface area (Å²) in [7, 11) is 0. The Morgan fingerprint density at radius 2 is 1.96 bits per heavy atom. The number of nitrogens with one attached hydrogen (secondary N) is 1. The molecule has 0 saturated heterocycles. The van der Waals surface area contributed by atoms with E-state index in [1.807, 2.05) is 38.1 Å².